The van der Waals surface area contributed by atoms with E-state index in [0.717, 1.165) is 6.92 Å². The Morgan fingerprint density at radius 3 is 2.20 bits per heavy atom. The number of nitrogens with one attached hydrogen (secondary N) is 4. The summed E-state index contributed by atoms with van der Waals surface area (Å²) in [5.74, 6) is -4.58. The number of aliphatic hydroxyl groups is 1. The summed E-state index contributed by atoms with van der Waals surface area (Å²) in [6.45, 7) is 6.31. The highest BCUT2D eigenvalue weighted by Gasteiger charge is 2.37. The first-order chi connectivity index (χ1) is 23.4. The van der Waals surface area contributed by atoms with Gasteiger partial charge in [0.25, 0.3) is 0 Å². The molecule has 6 amide bonds. The Labute approximate surface area is 289 Å². The summed E-state index contributed by atoms with van der Waals surface area (Å²) in [7, 11) is -5.10. The lowest BCUT2D eigenvalue weighted by Crippen LogP contribution is -2.61. The molecule has 6 atom stereocenters. The number of nitrogens with two attached hydrogens (primary N) is 2. The van der Waals surface area contributed by atoms with Crippen molar-refractivity contribution in [2.45, 2.75) is 103 Å². The number of phosphoric ester groups is 1. The highest BCUT2D eigenvalue weighted by molar-refractivity contribution is 7.46. The Kier molecular flexibility index (Phi) is 16.4. The second-order valence-electron chi connectivity index (χ2n) is 12.4. The van der Waals surface area contributed by atoms with Crippen molar-refractivity contribution in [3.8, 4) is 0 Å². The fourth-order valence-electron chi connectivity index (χ4n) is 5.46. The van der Waals surface area contributed by atoms with E-state index in [4.69, 9.17) is 21.3 Å². The molecule has 0 spiro atoms. The lowest BCUT2D eigenvalue weighted by Gasteiger charge is -2.28. The third-order valence-corrected chi connectivity index (χ3v) is 8.52. The Bertz CT molecular complexity index is 1400. The van der Waals surface area contributed by atoms with E-state index in [9.17, 15) is 38.4 Å². The van der Waals surface area contributed by atoms with Crippen molar-refractivity contribution >= 4 is 43.3 Å². The Hall–Kier alpha value is -3.94. The molecule has 0 bridgehead atoms. The standard InChI is InChI=1S/C29H50N9O11P/c1-16(2)13-19(34-29(45)22-7-5-11-38(22)18(4)40)26(42)33-20(14-23-32-9-12-37(23)10-6-8-30)27(43)35-21(15-39)28(44)36-24(25(31)41)17(3)49-50(46,47)48/h9,12,16-17,19-22,24,39H,5-8,10-11,13-15,30H2,1-4H3,(H2,31,41)(H,33,42)(H,34,45)(H,35,43)(H,36,44)(H2,46,47,48)/t17-,19+,20+,21+,22+,24+/m1/s1. The van der Waals surface area contributed by atoms with Crippen LogP contribution in [0.5, 0.6) is 0 Å². The number of phosphoric acid groups is 1. The van der Waals surface area contributed by atoms with Crippen LogP contribution >= 0.6 is 7.82 Å². The van der Waals surface area contributed by atoms with E-state index < -0.39 is 80.3 Å². The molecule has 1 aliphatic rings. The maximum Gasteiger partial charge on any atom is 0.469 e. The van der Waals surface area contributed by atoms with Gasteiger partial charge in [-0.05, 0) is 45.1 Å². The number of carbonyl (C=O) groups is 6. The second kappa shape index (κ2) is 19.5. The molecular weight excluding hydrogens is 681 g/mol. The van der Waals surface area contributed by atoms with E-state index in [-0.39, 0.29) is 24.7 Å². The van der Waals surface area contributed by atoms with E-state index in [0.29, 0.717) is 44.7 Å². The van der Waals surface area contributed by atoms with Gasteiger partial charge in [-0.15, -0.1) is 0 Å². The van der Waals surface area contributed by atoms with E-state index >= 15 is 0 Å². The van der Waals surface area contributed by atoms with Gasteiger partial charge in [0.2, 0.25) is 35.4 Å². The summed E-state index contributed by atoms with van der Waals surface area (Å²) < 4.78 is 17.4. The number of aryl methyl sites for hydroxylation is 1. The molecule has 2 heterocycles. The van der Waals surface area contributed by atoms with Crippen molar-refractivity contribution in [2.24, 2.45) is 17.4 Å². The fraction of sp³-hybridized carbons (Fsp3) is 0.690. The third kappa shape index (κ3) is 13.1. The molecule has 1 saturated heterocycles. The molecule has 0 aliphatic carbocycles. The Morgan fingerprint density at radius 2 is 1.64 bits per heavy atom. The number of imidazole rings is 1. The van der Waals surface area contributed by atoms with E-state index in [1.807, 2.05) is 13.8 Å². The molecule has 1 aromatic rings. The van der Waals surface area contributed by atoms with E-state index in [2.05, 4.69) is 30.8 Å². The Morgan fingerprint density at radius 1 is 1.02 bits per heavy atom. The van der Waals surface area contributed by atoms with Crippen LogP contribution in [0.25, 0.3) is 0 Å². The topological polar surface area (TPSA) is 311 Å². The van der Waals surface area contributed by atoms with Gasteiger partial charge >= 0.3 is 7.82 Å². The smallest absolute Gasteiger partial charge is 0.394 e. The van der Waals surface area contributed by atoms with Crippen molar-refractivity contribution in [1.29, 1.82) is 0 Å². The van der Waals surface area contributed by atoms with Gasteiger partial charge in [0.05, 0.1) is 12.7 Å². The number of carbonyl (C=O) groups excluding carboxylic acids is 6. The number of likely N-dealkylation sites (tertiary alicyclic amines) is 1. The van der Waals surface area contributed by atoms with Crippen molar-refractivity contribution in [2.75, 3.05) is 19.7 Å². The summed E-state index contributed by atoms with van der Waals surface area (Å²) >= 11 is 0. The number of rotatable bonds is 20. The minimum atomic E-state index is -5.10. The van der Waals surface area contributed by atoms with Crippen molar-refractivity contribution in [3.63, 3.8) is 0 Å². The molecule has 1 aromatic heterocycles. The predicted octanol–water partition coefficient (Wildman–Crippen LogP) is -3.25. The van der Waals surface area contributed by atoms with Gasteiger partial charge < -0.3 is 57.1 Å². The molecule has 0 unspecified atom stereocenters. The molecular formula is C29H50N9O11P. The predicted molar refractivity (Wildman–Crippen MR) is 176 cm³/mol. The summed E-state index contributed by atoms with van der Waals surface area (Å²) in [6.07, 6.45) is 3.13. The molecule has 282 valence electrons. The molecule has 1 fully saturated rings. The number of nitrogens with zero attached hydrogens (tertiary/aromatic N) is 3. The van der Waals surface area contributed by atoms with E-state index in [1.54, 1.807) is 10.8 Å². The zero-order valence-electron chi connectivity index (χ0n) is 28.6. The number of primary amides is 1. The van der Waals surface area contributed by atoms with E-state index in [1.165, 1.54) is 18.0 Å². The van der Waals surface area contributed by atoms with Crippen LogP contribution in [0.4, 0.5) is 0 Å². The number of aromatic nitrogens is 2. The summed E-state index contributed by atoms with van der Waals surface area (Å²) in [5, 5.41) is 19.8. The second-order valence-corrected chi connectivity index (χ2v) is 13.6. The highest BCUT2D eigenvalue weighted by atomic mass is 31.2. The molecule has 1 aliphatic heterocycles. The lowest BCUT2D eigenvalue weighted by atomic mass is 10.0. The quantitative estimate of drug-likeness (QED) is 0.0596. The van der Waals surface area contributed by atoms with Gasteiger partial charge in [-0.25, -0.2) is 9.55 Å². The normalized spacial score (nSPS) is 17.7. The molecule has 11 N–H and O–H groups in total. The lowest BCUT2D eigenvalue weighted by molar-refractivity contribution is -0.139. The van der Waals surface area contributed by atoms with Gasteiger partial charge in [0, 0.05) is 38.8 Å². The zero-order valence-corrected chi connectivity index (χ0v) is 29.5. The van der Waals surface area contributed by atoms with Crippen LogP contribution < -0.4 is 32.7 Å². The first kappa shape index (κ1) is 42.2. The summed E-state index contributed by atoms with van der Waals surface area (Å²) in [4.78, 5) is 102. The zero-order chi connectivity index (χ0) is 37.8. The minimum Gasteiger partial charge on any atom is -0.394 e. The van der Waals surface area contributed by atoms with Crippen molar-refractivity contribution in [1.82, 2.24) is 35.7 Å². The maximum absolute atomic E-state index is 13.8. The van der Waals surface area contributed by atoms with Gasteiger partial charge in [-0.1, -0.05) is 13.8 Å². The summed E-state index contributed by atoms with van der Waals surface area (Å²) in [5.41, 5.74) is 10.9. The van der Waals surface area contributed by atoms with Crippen molar-refractivity contribution in [3.05, 3.63) is 18.2 Å². The first-order valence-corrected chi connectivity index (χ1v) is 17.7. The van der Waals surface area contributed by atoms with Crippen LogP contribution in [0.1, 0.15) is 59.2 Å². The highest BCUT2D eigenvalue weighted by Crippen LogP contribution is 2.38. The van der Waals surface area contributed by atoms with Crippen LogP contribution in [-0.2, 0) is 50.8 Å². The Balaban J connectivity index is 2.34. The van der Waals surface area contributed by atoms with Crippen LogP contribution in [0.3, 0.4) is 0 Å². The monoisotopic (exact) mass is 731 g/mol. The minimum absolute atomic E-state index is 0.0846. The largest absolute Gasteiger partial charge is 0.469 e. The fourth-order valence-corrected chi connectivity index (χ4v) is 6.02. The molecule has 2 rings (SSSR count). The molecule has 21 heteroatoms. The number of aliphatic hydroxyl groups excluding tert-OH is 1. The molecule has 20 nitrogen and oxygen atoms in total. The number of hydrogen-bond acceptors (Lipinski definition) is 11. The van der Waals surface area contributed by atoms with Crippen LogP contribution in [0, 0.1) is 5.92 Å². The van der Waals surface area contributed by atoms with Gasteiger partial charge in [0.1, 0.15) is 36.0 Å². The summed E-state index contributed by atoms with van der Waals surface area (Å²) in [6, 6.07) is -6.79. The first-order valence-electron chi connectivity index (χ1n) is 16.2. The average Bonchev–Trinajstić information content (AvgIpc) is 3.69. The number of amides is 6. The molecule has 0 saturated carbocycles. The van der Waals surface area contributed by atoms with Gasteiger partial charge in [0.15, 0.2) is 0 Å². The van der Waals surface area contributed by atoms with Crippen molar-refractivity contribution < 1.29 is 52.7 Å². The SMILES string of the molecule is CC(=O)N1CCC[C@H]1C(=O)N[C@@H](CC(C)C)C(=O)N[C@@H](Cc1nccn1CCCN)C(=O)N[C@@H](CO)C(=O)N[C@H](C(N)=O)[C@@H](C)OP(=O)(O)O. The third-order valence-electron chi connectivity index (χ3n) is 7.92. The van der Waals surface area contributed by atoms with Crippen LogP contribution in [0.2, 0.25) is 0 Å². The maximum atomic E-state index is 13.8. The average molecular weight is 732 g/mol. The molecule has 50 heavy (non-hydrogen) atoms. The van der Waals surface area contributed by atoms with Crippen LogP contribution in [0.15, 0.2) is 12.4 Å². The van der Waals surface area contributed by atoms with Gasteiger partial charge in [-0.2, -0.15) is 0 Å². The number of hydrogen-bond donors (Lipinski definition) is 9. The molecule has 0 radical (unpaired) electrons. The molecule has 0 aromatic carbocycles. The van der Waals surface area contributed by atoms with Crippen LogP contribution in [-0.4, -0.2) is 121 Å². The van der Waals surface area contributed by atoms with Gasteiger partial charge in [-0.3, -0.25) is 33.3 Å².